The molecule has 0 aromatic heterocycles. The third kappa shape index (κ3) is 4.07. The maximum absolute atomic E-state index is 11.9. The lowest BCUT2D eigenvalue weighted by molar-refractivity contribution is -0.137. The molecule has 96 valence electrons. The van der Waals surface area contributed by atoms with Gasteiger partial charge in [0, 0.05) is 13.2 Å². The lowest BCUT2D eigenvalue weighted by atomic mass is 10.0. The van der Waals surface area contributed by atoms with E-state index in [-0.39, 0.29) is 13.1 Å². The number of carboxylic acids is 1. The first-order chi connectivity index (χ1) is 7.97. The van der Waals surface area contributed by atoms with Gasteiger partial charge in [-0.25, -0.2) is 4.79 Å². The molecule has 17 heavy (non-hydrogen) atoms. The number of carbonyl (C=O) groups excluding carboxylic acids is 1. The van der Waals surface area contributed by atoms with E-state index in [1.807, 2.05) is 6.92 Å². The number of hydrogen-bond acceptors (Lipinski definition) is 3. The molecule has 1 unspecified atom stereocenters. The Bertz CT molecular complexity index is 311. The van der Waals surface area contributed by atoms with Crippen LogP contribution in [0.5, 0.6) is 0 Å². The minimum atomic E-state index is -1.05. The molecule has 1 atom stereocenters. The van der Waals surface area contributed by atoms with Crippen LogP contribution in [-0.4, -0.2) is 53.8 Å². The summed E-state index contributed by atoms with van der Waals surface area (Å²) in [7, 11) is 0. The molecule has 6 nitrogen and oxygen atoms in total. The molecule has 0 aliphatic carbocycles. The zero-order chi connectivity index (χ0) is 12.9. The molecule has 1 heterocycles. The SMILES string of the molecule is C=CCN(CC(=O)O)C(=O)NC1(C)CCOC1. The van der Waals surface area contributed by atoms with Crippen molar-refractivity contribution in [2.45, 2.75) is 18.9 Å². The minimum absolute atomic E-state index is 0.203. The number of nitrogens with zero attached hydrogens (tertiary/aromatic N) is 1. The summed E-state index contributed by atoms with van der Waals surface area (Å²) in [5.41, 5.74) is -0.408. The summed E-state index contributed by atoms with van der Waals surface area (Å²) >= 11 is 0. The van der Waals surface area contributed by atoms with Crippen molar-refractivity contribution in [2.24, 2.45) is 0 Å². The Balaban J connectivity index is 2.57. The number of hydrogen-bond donors (Lipinski definition) is 2. The van der Waals surface area contributed by atoms with E-state index in [0.29, 0.717) is 13.2 Å². The molecular weight excluding hydrogens is 224 g/mol. The van der Waals surface area contributed by atoms with Gasteiger partial charge in [0.15, 0.2) is 0 Å². The van der Waals surface area contributed by atoms with Gasteiger partial charge in [-0.3, -0.25) is 4.79 Å². The maximum atomic E-state index is 11.9. The van der Waals surface area contributed by atoms with Crippen molar-refractivity contribution in [3.63, 3.8) is 0 Å². The molecule has 2 N–H and O–H groups in total. The van der Waals surface area contributed by atoms with Crippen molar-refractivity contribution >= 4 is 12.0 Å². The highest BCUT2D eigenvalue weighted by Crippen LogP contribution is 2.17. The van der Waals surface area contributed by atoms with Gasteiger partial charge in [-0.15, -0.1) is 6.58 Å². The van der Waals surface area contributed by atoms with Crippen LogP contribution in [0.3, 0.4) is 0 Å². The summed E-state index contributed by atoms with van der Waals surface area (Å²) in [5, 5.41) is 11.5. The monoisotopic (exact) mass is 242 g/mol. The number of urea groups is 1. The summed E-state index contributed by atoms with van der Waals surface area (Å²) in [6.45, 7) is 6.31. The highest BCUT2D eigenvalue weighted by atomic mass is 16.5. The number of carboxylic acid groups (broad SMARTS) is 1. The Morgan fingerprint density at radius 3 is 2.82 bits per heavy atom. The lowest BCUT2D eigenvalue weighted by Gasteiger charge is -2.28. The topological polar surface area (TPSA) is 78.9 Å². The van der Waals surface area contributed by atoms with Gasteiger partial charge in [-0.2, -0.15) is 0 Å². The third-order valence-electron chi connectivity index (χ3n) is 2.59. The Labute approximate surface area is 100 Å². The predicted molar refractivity (Wildman–Crippen MR) is 61.8 cm³/mol. The number of nitrogens with one attached hydrogen (secondary N) is 1. The molecule has 1 aliphatic rings. The standard InChI is InChI=1S/C11H18N2O4/c1-3-5-13(7-9(14)15)10(16)12-11(2)4-6-17-8-11/h3H,1,4-8H2,2H3,(H,12,16)(H,14,15). The van der Waals surface area contributed by atoms with Gasteiger partial charge >= 0.3 is 12.0 Å². The van der Waals surface area contributed by atoms with Crippen molar-refractivity contribution < 1.29 is 19.4 Å². The van der Waals surface area contributed by atoms with E-state index in [0.717, 1.165) is 6.42 Å². The summed E-state index contributed by atoms with van der Waals surface area (Å²) in [6, 6.07) is -0.403. The maximum Gasteiger partial charge on any atom is 0.323 e. The normalized spacial score (nSPS) is 23.1. The molecule has 1 saturated heterocycles. The average molecular weight is 242 g/mol. The van der Waals surface area contributed by atoms with Crippen LogP contribution in [-0.2, 0) is 9.53 Å². The summed E-state index contributed by atoms with van der Waals surface area (Å²) in [5.74, 6) is -1.05. The first-order valence-corrected chi connectivity index (χ1v) is 5.44. The van der Waals surface area contributed by atoms with Gasteiger partial charge in [-0.05, 0) is 13.3 Å². The van der Waals surface area contributed by atoms with Gasteiger partial charge in [-0.1, -0.05) is 6.08 Å². The van der Waals surface area contributed by atoms with Crippen LogP contribution >= 0.6 is 0 Å². The summed E-state index contributed by atoms with van der Waals surface area (Å²) in [4.78, 5) is 23.7. The smallest absolute Gasteiger partial charge is 0.323 e. The second-order valence-corrected chi connectivity index (χ2v) is 4.36. The van der Waals surface area contributed by atoms with Gasteiger partial charge in [0.05, 0.1) is 12.1 Å². The van der Waals surface area contributed by atoms with Gasteiger partial charge < -0.3 is 20.1 Å². The fourth-order valence-corrected chi connectivity index (χ4v) is 1.64. The zero-order valence-electron chi connectivity index (χ0n) is 9.94. The molecule has 0 radical (unpaired) electrons. The van der Waals surface area contributed by atoms with Crippen molar-refractivity contribution in [3.8, 4) is 0 Å². The van der Waals surface area contributed by atoms with Crippen molar-refractivity contribution in [1.29, 1.82) is 0 Å². The molecule has 0 aromatic carbocycles. The fourth-order valence-electron chi connectivity index (χ4n) is 1.64. The van der Waals surface area contributed by atoms with Gasteiger partial charge in [0.1, 0.15) is 6.54 Å². The van der Waals surface area contributed by atoms with Crippen LogP contribution in [0.4, 0.5) is 4.79 Å². The largest absolute Gasteiger partial charge is 0.480 e. The molecule has 1 rings (SSSR count). The molecule has 2 amide bonds. The van der Waals surface area contributed by atoms with Crippen LogP contribution in [0.15, 0.2) is 12.7 Å². The molecule has 0 bridgehead atoms. The quantitative estimate of drug-likeness (QED) is 0.686. The van der Waals surface area contributed by atoms with Crippen LogP contribution < -0.4 is 5.32 Å². The summed E-state index contributed by atoms with van der Waals surface area (Å²) in [6.07, 6.45) is 2.23. The number of carbonyl (C=O) groups is 2. The third-order valence-corrected chi connectivity index (χ3v) is 2.59. The van der Waals surface area contributed by atoms with E-state index < -0.39 is 17.5 Å². The summed E-state index contributed by atoms with van der Waals surface area (Å²) < 4.78 is 5.21. The Kier molecular flexibility index (Phi) is 4.51. The van der Waals surface area contributed by atoms with Crippen LogP contribution in [0.2, 0.25) is 0 Å². The van der Waals surface area contributed by atoms with Crippen molar-refractivity contribution in [2.75, 3.05) is 26.3 Å². The first-order valence-electron chi connectivity index (χ1n) is 5.44. The average Bonchev–Trinajstić information content (AvgIpc) is 2.63. The molecule has 6 heteroatoms. The highest BCUT2D eigenvalue weighted by molar-refractivity contribution is 5.80. The van der Waals surface area contributed by atoms with Crippen LogP contribution in [0, 0.1) is 0 Å². The number of rotatable bonds is 5. The van der Waals surface area contributed by atoms with E-state index >= 15 is 0 Å². The zero-order valence-corrected chi connectivity index (χ0v) is 9.94. The molecule has 0 spiro atoms. The van der Waals surface area contributed by atoms with Gasteiger partial charge in [0.2, 0.25) is 0 Å². The number of aliphatic carboxylic acids is 1. The Hall–Kier alpha value is -1.56. The Morgan fingerprint density at radius 2 is 2.35 bits per heavy atom. The van der Waals surface area contributed by atoms with E-state index in [2.05, 4.69) is 11.9 Å². The predicted octanol–water partition coefficient (Wildman–Crippen LogP) is 0.448. The minimum Gasteiger partial charge on any atom is -0.480 e. The van der Waals surface area contributed by atoms with E-state index in [1.54, 1.807) is 0 Å². The first kappa shape index (κ1) is 13.5. The number of amides is 2. The second-order valence-electron chi connectivity index (χ2n) is 4.36. The van der Waals surface area contributed by atoms with E-state index in [4.69, 9.17) is 9.84 Å². The highest BCUT2D eigenvalue weighted by Gasteiger charge is 2.32. The molecular formula is C11H18N2O4. The van der Waals surface area contributed by atoms with Crippen LogP contribution in [0.25, 0.3) is 0 Å². The van der Waals surface area contributed by atoms with Crippen molar-refractivity contribution in [3.05, 3.63) is 12.7 Å². The molecule has 1 aliphatic heterocycles. The van der Waals surface area contributed by atoms with Crippen molar-refractivity contribution in [1.82, 2.24) is 10.2 Å². The molecule has 0 saturated carbocycles. The molecule has 0 aromatic rings. The number of ether oxygens (including phenoxy) is 1. The van der Waals surface area contributed by atoms with E-state index in [9.17, 15) is 9.59 Å². The second kappa shape index (κ2) is 5.67. The fraction of sp³-hybridized carbons (Fsp3) is 0.636. The Morgan fingerprint density at radius 1 is 1.65 bits per heavy atom. The van der Waals surface area contributed by atoms with Gasteiger partial charge in [0.25, 0.3) is 0 Å². The van der Waals surface area contributed by atoms with E-state index in [1.165, 1.54) is 11.0 Å². The van der Waals surface area contributed by atoms with Crippen LogP contribution in [0.1, 0.15) is 13.3 Å². The molecule has 1 fully saturated rings. The lowest BCUT2D eigenvalue weighted by Crippen LogP contribution is -2.53.